The van der Waals surface area contributed by atoms with Crippen molar-refractivity contribution < 1.29 is 8.42 Å². The van der Waals surface area contributed by atoms with E-state index >= 15 is 0 Å². The van der Waals surface area contributed by atoms with Crippen LogP contribution in [0.2, 0.25) is 0 Å². The molecule has 1 rings (SSSR count). The fraction of sp³-hybridized carbons (Fsp3) is 1.00. The van der Waals surface area contributed by atoms with Crippen molar-refractivity contribution in [1.82, 2.24) is 0 Å². The summed E-state index contributed by atoms with van der Waals surface area (Å²) in [6.07, 6.45) is 2.92. The SMILES string of the molecule is CCCS(=O)(=O)CC(N)C1CC1. The summed E-state index contributed by atoms with van der Waals surface area (Å²) in [7, 11) is -2.86. The minimum Gasteiger partial charge on any atom is -0.327 e. The Hall–Kier alpha value is -0.0900. The van der Waals surface area contributed by atoms with Gasteiger partial charge in [0.1, 0.15) is 0 Å². The predicted octanol–water partition coefficient (Wildman–Crippen LogP) is 0.549. The Morgan fingerprint density at radius 2 is 2.08 bits per heavy atom. The van der Waals surface area contributed by atoms with Crippen LogP contribution in [0.1, 0.15) is 26.2 Å². The first-order valence-electron chi connectivity index (χ1n) is 4.51. The maximum atomic E-state index is 11.3. The third-order valence-corrected chi connectivity index (χ3v) is 4.11. The molecule has 2 N–H and O–H groups in total. The molecule has 1 fully saturated rings. The molecule has 0 aromatic carbocycles. The van der Waals surface area contributed by atoms with Crippen LogP contribution < -0.4 is 5.73 Å². The Morgan fingerprint density at radius 3 is 2.50 bits per heavy atom. The molecular weight excluding hydrogens is 174 g/mol. The lowest BCUT2D eigenvalue weighted by atomic mass is 10.2. The molecule has 1 saturated carbocycles. The van der Waals surface area contributed by atoms with Crippen LogP contribution in [-0.2, 0) is 9.84 Å². The van der Waals surface area contributed by atoms with Gasteiger partial charge in [0.25, 0.3) is 0 Å². The zero-order valence-corrected chi connectivity index (χ0v) is 8.31. The second-order valence-electron chi connectivity index (χ2n) is 3.62. The molecule has 12 heavy (non-hydrogen) atoms. The molecule has 0 aromatic rings. The lowest BCUT2D eigenvalue weighted by Crippen LogP contribution is -2.32. The third kappa shape index (κ3) is 3.11. The van der Waals surface area contributed by atoms with Crippen LogP contribution in [0.25, 0.3) is 0 Å². The molecule has 0 spiro atoms. The zero-order valence-electron chi connectivity index (χ0n) is 7.49. The van der Waals surface area contributed by atoms with Crippen molar-refractivity contribution in [2.45, 2.75) is 32.2 Å². The monoisotopic (exact) mass is 191 g/mol. The Labute approximate surface area is 74.3 Å². The van der Waals surface area contributed by atoms with Gasteiger partial charge >= 0.3 is 0 Å². The lowest BCUT2D eigenvalue weighted by Gasteiger charge is -2.09. The van der Waals surface area contributed by atoms with Gasteiger partial charge < -0.3 is 5.73 Å². The third-order valence-electron chi connectivity index (χ3n) is 2.19. The van der Waals surface area contributed by atoms with Crippen molar-refractivity contribution in [3.63, 3.8) is 0 Å². The van der Waals surface area contributed by atoms with Crippen molar-refractivity contribution in [1.29, 1.82) is 0 Å². The van der Waals surface area contributed by atoms with Crippen molar-refractivity contribution in [2.24, 2.45) is 11.7 Å². The molecule has 1 aliphatic rings. The molecule has 1 aliphatic carbocycles. The van der Waals surface area contributed by atoms with Crippen LogP contribution in [0.3, 0.4) is 0 Å². The second-order valence-corrected chi connectivity index (χ2v) is 5.84. The quantitative estimate of drug-likeness (QED) is 0.690. The van der Waals surface area contributed by atoms with Crippen molar-refractivity contribution in [3.05, 3.63) is 0 Å². The Balaban J connectivity index is 2.37. The highest BCUT2D eigenvalue weighted by molar-refractivity contribution is 7.91. The van der Waals surface area contributed by atoms with Gasteiger partial charge in [-0.15, -0.1) is 0 Å². The highest BCUT2D eigenvalue weighted by Crippen LogP contribution is 2.32. The summed E-state index contributed by atoms with van der Waals surface area (Å²) >= 11 is 0. The van der Waals surface area contributed by atoms with E-state index in [4.69, 9.17) is 5.73 Å². The molecule has 3 nitrogen and oxygen atoms in total. The highest BCUT2D eigenvalue weighted by atomic mass is 32.2. The van der Waals surface area contributed by atoms with Gasteiger partial charge in [0.15, 0.2) is 9.84 Å². The number of hydrogen-bond acceptors (Lipinski definition) is 3. The fourth-order valence-electron chi connectivity index (χ4n) is 1.35. The molecule has 0 aliphatic heterocycles. The van der Waals surface area contributed by atoms with Gasteiger partial charge in [-0.05, 0) is 25.2 Å². The van der Waals surface area contributed by atoms with Gasteiger partial charge in [-0.3, -0.25) is 0 Å². The van der Waals surface area contributed by atoms with E-state index in [-0.39, 0.29) is 17.5 Å². The first-order valence-corrected chi connectivity index (χ1v) is 6.33. The first kappa shape index (κ1) is 9.99. The number of nitrogens with two attached hydrogens (primary N) is 1. The van der Waals surface area contributed by atoms with Crippen LogP contribution in [-0.4, -0.2) is 26.0 Å². The molecule has 1 atom stereocenters. The maximum absolute atomic E-state index is 11.3. The van der Waals surface area contributed by atoms with Crippen LogP contribution in [0.15, 0.2) is 0 Å². The molecule has 0 bridgehead atoms. The molecule has 72 valence electrons. The predicted molar refractivity (Wildman–Crippen MR) is 49.6 cm³/mol. The summed E-state index contributed by atoms with van der Waals surface area (Å²) < 4.78 is 22.6. The van der Waals surface area contributed by atoms with E-state index < -0.39 is 9.84 Å². The van der Waals surface area contributed by atoms with E-state index in [0.717, 1.165) is 12.8 Å². The van der Waals surface area contributed by atoms with Crippen molar-refractivity contribution in [3.8, 4) is 0 Å². The Kier molecular flexibility index (Phi) is 3.12. The molecule has 0 heterocycles. The minimum atomic E-state index is -2.86. The average molecular weight is 191 g/mol. The van der Waals surface area contributed by atoms with Gasteiger partial charge in [-0.25, -0.2) is 8.42 Å². The first-order chi connectivity index (χ1) is 5.55. The minimum absolute atomic E-state index is 0.110. The number of hydrogen-bond donors (Lipinski definition) is 1. The smallest absolute Gasteiger partial charge is 0.151 e. The lowest BCUT2D eigenvalue weighted by molar-refractivity contribution is 0.573. The normalized spacial score (nSPS) is 20.8. The summed E-state index contributed by atoms with van der Waals surface area (Å²) in [5, 5.41) is 0. The topological polar surface area (TPSA) is 60.2 Å². The van der Waals surface area contributed by atoms with E-state index in [1.807, 2.05) is 6.92 Å². The van der Waals surface area contributed by atoms with E-state index in [1.165, 1.54) is 0 Å². The largest absolute Gasteiger partial charge is 0.327 e. The van der Waals surface area contributed by atoms with Crippen LogP contribution in [0.5, 0.6) is 0 Å². The van der Waals surface area contributed by atoms with Crippen molar-refractivity contribution in [2.75, 3.05) is 11.5 Å². The maximum Gasteiger partial charge on any atom is 0.151 e. The zero-order chi connectivity index (χ0) is 9.19. The summed E-state index contributed by atoms with van der Waals surface area (Å²) in [5.41, 5.74) is 5.72. The molecule has 0 radical (unpaired) electrons. The number of sulfone groups is 1. The molecule has 4 heteroatoms. The summed E-state index contributed by atoms with van der Waals surface area (Å²) in [6, 6.07) is -0.110. The van der Waals surface area contributed by atoms with Crippen molar-refractivity contribution >= 4 is 9.84 Å². The molecular formula is C8H17NO2S. The van der Waals surface area contributed by atoms with Gasteiger partial charge in [0.2, 0.25) is 0 Å². The van der Waals surface area contributed by atoms with Gasteiger partial charge in [-0.1, -0.05) is 6.92 Å². The highest BCUT2D eigenvalue weighted by Gasteiger charge is 2.31. The summed E-state index contributed by atoms with van der Waals surface area (Å²) in [6.45, 7) is 1.88. The Morgan fingerprint density at radius 1 is 1.50 bits per heavy atom. The molecule has 0 amide bonds. The second kappa shape index (κ2) is 3.75. The summed E-state index contributed by atoms with van der Waals surface area (Å²) in [4.78, 5) is 0. The van der Waals surface area contributed by atoms with E-state index in [9.17, 15) is 8.42 Å². The average Bonchev–Trinajstić information content (AvgIpc) is 2.65. The van der Waals surface area contributed by atoms with Crippen LogP contribution in [0, 0.1) is 5.92 Å². The van der Waals surface area contributed by atoms with E-state index in [0.29, 0.717) is 12.3 Å². The van der Waals surface area contributed by atoms with Gasteiger partial charge in [0, 0.05) is 11.8 Å². The number of rotatable bonds is 5. The van der Waals surface area contributed by atoms with Crippen LogP contribution >= 0.6 is 0 Å². The molecule has 0 aromatic heterocycles. The Bertz CT molecular complexity index is 231. The fourth-order valence-corrected chi connectivity index (χ4v) is 3.00. The summed E-state index contributed by atoms with van der Waals surface area (Å²) in [5.74, 6) is 0.954. The van der Waals surface area contributed by atoms with Crippen LogP contribution in [0.4, 0.5) is 0 Å². The van der Waals surface area contributed by atoms with Gasteiger partial charge in [0.05, 0.1) is 5.75 Å². The standard InChI is InChI=1S/C8H17NO2S/c1-2-5-12(10,11)6-8(9)7-3-4-7/h7-8H,2-6,9H2,1H3. The molecule has 1 unspecified atom stereocenters. The van der Waals surface area contributed by atoms with Gasteiger partial charge in [-0.2, -0.15) is 0 Å². The van der Waals surface area contributed by atoms with E-state index in [2.05, 4.69) is 0 Å². The molecule has 0 saturated heterocycles. The van der Waals surface area contributed by atoms with E-state index in [1.54, 1.807) is 0 Å².